The zero-order valence-electron chi connectivity index (χ0n) is 18.2. The number of rotatable bonds is 4. The fraction of sp³-hybridized carbons (Fsp3) is 0.348. The molecule has 2 aliphatic rings. The molecule has 2 fully saturated rings. The molecule has 0 aliphatic carbocycles. The maximum Gasteiger partial charge on any atom is 0.417 e. The second-order valence-electron chi connectivity index (χ2n) is 8.41. The first kappa shape index (κ1) is 23.9. The number of carbonyl (C=O) groups is 1. The molecule has 178 valence electrons. The van der Waals surface area contributed by atoms with E-state index in [9.17, 15) is 23.1 Å². The van der Waals surface area contributed by atoms with Crippen LogP contribution in [-0.4, -0.2) is 47.1 Å². The highest BCUT2D eigenvalue weighted by molar-refractivity contribution is 7.81. The van der Waals surface area contributed by atoms with Crippen LogP contribution in [0.25, 0.3) is 0 Å². The largest absolute Gasteiger partial charge is 0.485 e. The fourth-order valence-electron chi connectivity index (χ4n) is 3.94. The highest BCUT2D eigenvalue weighted by Crippen LogP contribution is 2.40. The predicted octanol–water partition coefficient (Wildman–Crippen LogP) is 3.63. The van der Waals surface area contributed by atoms with Gasteiger partial charge in [-0.3, -0.25) is 9.69 Å². The minimum atomic E-state index is -4.77. The third-order valence-corrected chi connectivity index (χ3v) is 6.10. The van der Waals surface area contributed by atoms with Gasteiger partial charge in [0.15, 0.2) is 5.11 Å². The fourth-order valence-corrected chi connectivity index (χ4v) is 4.47. The summed E-state index contributed by atoms with van der Waals surface area (Å²) in [4.78, 5) is 15.8. The molecule has 2 aromatic rings. The van der Waals surface area contributed by atoms with Crippen LogP contribution in [0.3, 0.4) is 0 Å². The highest BCUT2D eigenvalue weighted by atomic mass is 32.1. The second-order valence-corrected chi connectivity index (χ2v) is 8.78. The van der Waals surface area contributed by atoms with Crippen LogP contribution in [0.1, 0.15) is 25.0 Å². The molecule has 0 saturated carbocycles. The van der Waals surface area contributed by atoms with Gasteiger partial charge in [0.05, 0.1) is 36.1 Å². The van der Waals surface area contributed by atoms with Gasteiger partial charge < -0.3 is 19.5 Å². The Labute approximate surface area is 198 Å². The molecular weight excluding hydrogens is 471 g/mol. The molecule has 2 aromatic carbocycles. The molecule has 4 rings (SSSR count). The van der Waals surface area contributed by atoms with Gasteiger partial charge in [0.1, 0.15) is 23.5 Å². The van der Waals surface area contributed by atoms with Crippen molar-refractivity contribution in [3.63, 3.8) is 0 Å². The minimum Gasteiger partial charge on any atom is -0.485 e. The van der Waals surface area contributed by atoms with Gasteiger partial charge in [-0.15, -0.1) is 0 Å². The van der Waals surface area contributed by atoms with Crippen LogP contribution < -0.4 is 14.5 Å². The zero-order chi connectivity index (χ0) is 24.8. The molecule has 0 unspecified atom stereocenters. The number of alkyl halides is 3. The van der Waals surface area contributed by atoms with Crippen molar-refractivity contribution in [1.29, 1.82) is 5.26 Å². The lowest BCUT2D eigenvalue weighted by molar-refractivity contribution is -0.137. The van der Waals surface area contributed by atoms with Crippen molar-refractivity contribution in [2.75, 3.05) is 23.0 Å². The lowest BCUT2D eigenvalue weighted by Gasteiger charge is -2.29. The summed E-state index contributed by atoms with van der Waals surface area (Å²) in [5.41, 5.74) is -2.42. The Bertz CT molecular complexity index is 1180. The number of aliphatic hydroxyl groups excluding tert-OH is 1. The molecule has 2 aliphatic heterocycles. The molecule has 34 heavy (non-hydrogen) atoms. The van der Waals surface area contributed by atoms with Gasteiger partial charge >= 0.3 is 6.18 Å². The van der Waals surface area contributed by atoms with E-state index in [0.717, 1.165) is 17.0 Å². The number of nitrogens with zero attached hydrogens (tertiary/aromatic N) is 3. The molecule has 1 N–H and O–H groups in total. The Morgan fingerprint density at radius 3 is 2.38 bits per heavy atom. The summed E-state index contributed by atoms with van der Waals surface area (Å²) in [6, 6.07) is 11.2. The number of ether oxygens (including phenoxy) is 2. The molecule has 0 spiro atoms. The van der Waals surface area contributed by atoms with Crippen LogP contribution in [0.15, 0.2) is 42.5 Å². The van der Waals surface area contributed by atoms with E-state index >= 15 is 0 Å². The van der Waals surface area contributed by atoms with Crippen molar-refractivity contribution in [3.8, 4) is 11.8 Å². The van der Waals surface area contributed by atoms with E-state index in [1.165, 1.54) is 12.1 Å². The van der Waals surface area contributed by atoms with Crippen molar-refractivity contribution < 1.29 is 32.5 Å². The Balaban J connectivity index is 1.65. The first-order valence-electron chi connectivity index (χ1n) is 10.3. The van der Waals surface area contributed by atoms with Crippen molar-refractivity contribution in [3.05, 3.63) is 53.6 Å². The van der Waals surface area contributed by atoms with Gasteiger partial charge in [-0.05, 0) is 68.5 Å². The maximum atomic E-state index is 13.5. The standard InChI is InChI=1S/C23H20F3N3O4S/c1-22(2)20(31)28(15-4-3-13(10-27)17(9-15)23(24,25)26)21(34)29(22)14-5-7-16(8-6-14)33-19-12-32-11-18(19)30/h3-9,18-19,30H,11-12H2,1-2H3/t18-,19+/m0/s1. The number of hydrogen-bond donors (Lipinski definition) is 1. The molecule has 2 atom stereocenters. The van der Waals surface area contributed by atoms with Gasteiger partial charge in [0.25, 0.3) is 5.91 Å². The zero-order valence-corrected chi connectivity index (χ0v) is 19.0. The van der Waals surface area contributed by atoms with Gasteiger partial charge in [-0.2, -0.15) is 18.4 Å². The molecular formula is C23H20F3N3O4S. The lowest BCUT2D eigenvalue weighted by Crippen LogP contribution is -2.44. The van der Waals surface area contributed by atoms with Crippen LogP contribution >= 0.6 is 12.2 Å². The van der Waals surface area contributed by atoms with E-state index in [-0.39, 0.29) is 24.0 Å². The quantitative estimate of drug-likeness (QED) is 0.654. The number of hydrogen-bond acceptors (Lipinski definition) is 6. The summed E-state index contributed by atoms with van der Waals surface area (Å²) in [6.07, 6.45) is -5.99. The van der Waals surface area contributed by atoms with Crippen LogP contribution in [-0.2, 0) is 15.7 Å². The van der Waals surface area contributed by atoms with Gasteiger partial charge in [0, 0.05) is 5.69 Å². The van der Waals surface area contributed by atoms with Crippen molar-refractivity contribution >= 4 is 34.6 Å². The summed E-state index contributed by atoms with van der Waals surface area (Å²) >= 11 is 5.52. The Morgan fingerprint density at radius 2 is 1.82 bits per heavy atom. The summed E-state index contributed by atoms with van der Waals surface area (Å²) in [5, 5.41) is 18.9. The topological polar surface area (TPSA) is 86.0 Å². The number of aliphatic hydroxyl groups is 1. The molecule has 0 aromatic heterocycles. The smallest absolute Gasteiger partial charge is 0.417 e. The summed E-state index contributed by atoms with van der Waals surface area (Å²) in [5.74, 6) is -0.0341. The summed E-state index contributed by atoms with van der Waals surface area (Å²) < 4.78 is 51.3. The third-order valence-electron chi connectivity index (χ3n) is 5.74. The average molecular weight is 491 g/mol. The van der Waals surface area contributed by atoms with E-state index in [1.807, 2.05) is 0 Å². The van der Waals surface area contributed by atoms with E-state index in [2.05, 4.69) is 0 Å². The first-order chi connectivity index (χ1) is 15.9. The van der Waals surface area contributed by atoms with Crippen LogP contribution in [0.4, 0.5) is 24.5 Å². The van der Waals surface area contributed by atoms with Gasteiger partial charge in [0.2, 0.25) is 0 Å². The number of anilines is 2. The van der Waals surface area contributed by atoms with Crippen molar-refractivity contribution in [2.45, 2.75) is 37.8 Å². The predicted molar refractivity (Wildman–Crippen MR) is 120 cm³/mol. The first-order valence-corrected chi connectivity index (χ1v) is 10.7. The summed E-state index contributed by atoms with van der Waals surface area (Å²) in [6.45, 7) is 3.70. The van der Waals surface area contributed by atoms with Gasteiger partial charge in [-0.25, -0.2) is 0 Å². The highest BCUT2D eigenvalue weighted by Gasteiger charge is 2.50. The van der Waals surface area contributed by atoms with Crippen LogP contribution in [0.5, 0.6) is 5.75 Å². The maximum absolute atomic E-state index is 13.5. The normalized spacial score (nSPS) is 22.3. The van der Waals surface area contributed by atoms with Crippen LogP contribution in [0.2, 0.25) is 0 Å². The van der Waals surface area contributed by atoms with Crippen molar-refractivity contribution in [2.24, 2.45) is 0 Å². The number of benzene rings is 2. The second kappa shape index (κ2) is 8.54. The van der Waals surface area contributed by atoms with E-state index < -0.39 is 41.0 Å². The number of halogens is 3. The lowest BCUT2D eigenvalue weighted by atomic mass is 10.0. The molecule has 2 saturated heterocycles. The van der Waals surface area contributed by atoms with E-state index in [4.69, 9.17) is 27.0 Å². The Kier molecular flexibility index (Phi) is 6.01. The third kappa shape index (κ3) is 4.09. The number of nitriles is 1. The summed E-state index contributed by atoms with van der Waals surface area (Å²) in [7, 11) is 0. The SMILES string of the molecule is CC1(C)C(=O)N(c2ccc(C#N)c(C(F)(F)F)c2)C(=S)N1c1ccc(O[C@@H]2COC[C@@H]2O)cc1. The molecule has 1 amide bonds. The Hall–Kier alpha value is -3.20. The number of carbonyl (C=O) groups excluding carboxylic acids is 1. The van der Waals surface area contributed by atoms with E-state index in [0.29, 0.717) is 11.4 Å². The molecule has 7 nitrogen and oxygen atoms in total. The van der Waals surface area contributed by atoms with Gasteiger partial charge in [-0.1, -0.05) is 0 Å². The number of amides is 1. The monoisotopic (exact) mass is 491 g/mol. The Morgan fingerprint density at radius 1 is 1.18 bits per heavy atom. The minimum absolute atomic E-state index is 0.00103. The average Bonchev–Trinajstić information content (AvgIpc) is 3.25. The molecule has 2 heterocycles. The van der Waals surface area contributed by atoms with Crippen LogP contribution in [0, 0.1) is 11.3 Å². The van der Waals surface area contributed by atoms with Crippen molar-refractivity contribution in [1.82, 2.24) is 0 Å². The number of thiocarbonyl (C=S) groups is 1. The van der Waals surface area contributed by atoms with E-state index in [1.54, 1.807) is 43.0 Å². The molecule has 0 radical (unpaired) electrons. The molecule has 11 heteroatoms. The molecule has 0 bridgehead atoms.